The molecule has 0 bridgehead atoms. The van der Waals surface area contributed by atoms with E-state index < -0.39 is 5.82 Å². The molecule has 2 rings (SSSR count). The van der Waals surface area contributed by atoms with Crippen molar-refractivity contribution in [3.8, 4) is 6.07 Å². The van der Waals surface area contributed by atoms with Gasteiger partial charge in [0.05, 0.1) is 5.56 Å². The van der Waals surface area contributed by atoms with E-state index >= 15 is 0 Å². The lowest BCUT2D eigenvalue weighted by Crippen LogP contribution is -2.31. The Labute approximate surface area is 104 Å². The molecule has 1 saturated carbocycles. The molecule has 0 unspecified atom stereocenters. The van der Waals surface area contributed by atoms with Crippen LogP contribution in [0.2, 0.25) is 5.15 Å². The van der Waals surface area contributed by atoms with E-state index in [1.54, 1.807) is 6.07 Å². The maximum Gasteiger partial charge on any atom is 0.166 e. The van der Waals surface area contributed by atoms with Crippen molar-refractivity contribution >= 4 is 17.4 Å². The zero-order chi connectivity index (χ0) is 12.4. The summed E-state index contributed by atoms with van der Waals surface area (Å²) in [6.45, 7) is 0.420. The van der Waals surface area contributed by atoms with E-state index in [2.05, 4.69) is 10.3 Å². The van der Waals surface area contributed by atoms with Crippen LogP contribution in [0.15, 0.2) is 6.07 Å². The number of aromatic nitrogens is 1. The minimum atomic E-state index is -0.579. The number of hydrogen-bond acceptors (Lipinski definition) is 4. The van der Waals surface area contributed by atoms with Gasteiger partial charge in [0.15, 0.2) is 11.6 Å². The van der Waals surface area contributed by atoms with Crippen LogP contribution in [0.1, 0.15) is 18.4 Å². The summed E-state index contributed by atoms with van der Waals surface area (Å²) < 4.78 is 13.6. The fraction of sp³-hybridized carbons (Fsp3) is 0.455. The van der Waals surface area contributed by atoms with Gasteiger partial charge in [-0.2, -0.15) is 5.26 Å². The second-order valence-electron chi connectivity index (χ2n) is 4.09. The number of rotatable bonds is 4. The molecule has 1 aromatic rings. The topological polar surface area (TPSA) is 74.7 Å². The lowest BCUT2D eigenvalue weighted by atomic mass is 10.2. The van der Waals surface area contributed by atoms with Gasteiger partial charge in [0, 0.05) is 12.6 Å². The lowest BCUT2D eigenvalue weighted by Gasteiger charge is -2.17. The van der Waals surface area contributed by atoms with Crippen LogP contribution in [0.3, 0.4) is 0 Å². The molecular formula is C11H12ClFN4. The van der Waals surface area contributed by atoms with E-state index in [1.165, 1.54) is 0 Å². The van der Waals surface area contributed by atoms with E-state index in [1.807, 2.05) is 0 Å². The predicted octanol–water partition coefficient (Wildman–Crippen LogP) is 1.89. The van der Waals surface area contributed by atoms with Gasteiger partial charge in [-0.05, 0) is 24.8 Å². The van der Waals surface area contributed by atoms with Gasteiger partial charge in [0.25, 0.3) is 0 Å². The fourth-order valence-corrected chi connectivity index (χ4v) is 1.87. The van der Waals surface area contributed by atoms with E-state index in [-0.39, 0.29) is 22.6 Å². The molecule has 1 aliphatic rings. The number of nitrogens with two attached hydrogens (primary N) is 1. The van der Waals surface area contributed by atoms with E-state index in [0.717, 1.165) is 18.9 Å². The molecule has 1 aromatic heterocycles. The van der Waals surface area contributed by atoms with Crippen molar-refractivity contribution in [2.24, 2.45) is 11.7 Å². The molecule has 0 aliphatic heterocycles. The van der Waals surface area contributed by atoms with Crippen molar-refractivity contribution < 1.29 is 4.39 Å². The normalized spacial score (nSPS) is 16.4. The molecule has 1 aliphatic carbocycles. The molecule has 0 radical (unpaired) electrons. The fourth-order valence-electron chi connectivity index (χ4n) is 1.69. The highest BCUT2D eigenvalue weighted by atomic mass is 35.5. The van der Waals surface area contributed by atoms with Crippen molar-refractivity contribution in [2.45, 2.75) is 18.9 Å². The Kier molecular flexibility index (Phi) is 3.46. The van der Waals surface area contributed by atoms with Gasteiger partial charge in [-0.25, -0.2) is 9.37 Å². The van der Waals surface area contributed by atoms with Crippen LogP contribution in [-0.2, 0) is 0 Å². The quantitative estimate of drug-likeness (QED) is 0.805. The minimum Gasteiger partial charge on any atom is -0.363 e. The molecular weight excluding hydrogens is 243 g/mol. The van der Waals surface area contributed by atoms with E-state index in [9.17, 15) is 4.39 Å². The van der Waals surface area contributed by atoms with Crippen molar-refractivity contribution in [3.05, 3.63) is 22.6 Å². The molecule has 0 spiro atoms. The van der Waals surface area contributed by atoms with Gasteiger partial charge in [-0.15, -0.1) is 0 Å². The average molecular weight is 255 g/mol. The van der Waals surface area contributed by atoms with Gasteiger partial charge >= 0.3 is 0 Å². The third-order valence-electron chi connectivity index (χ3n) is 2.82. The zero-order valence-electron chi connectivity index (χ0n) is 9.08. The lowest BCUT2D eigenvalue weighted by molar-refractivity contribution is 0.601. The summed E-state index contributed by atoms with van der Waals surface area (Å²) in [5.74, 6) is -0.0305. The van der Waals surface area contributed by atoms with Crippen molar-refractivity contribution in [2.75, 3.05) is 11.9 Å². The summed E-state index contributed by atoms with van der Waals surface area (Å²) in [5.41, 5.74) is 5.64. The smallest absolute Gasteiger partial charge is 0.166 e. The average Bonchev–Trinajstić information content (AvgIpc) is 3.13. The molecule has 0 amide bonds. The Morgan fingerprint density at radius 3 is 2.94 bits per heavy atom. The molecule has 3 N–H and O–H groups in total. The summed E-state index contributed by atoms with van der Waals surface area (Å²) in [7, 11) is 0. The Morgan fingerprint density at radius 2 is 2.41 bits per heavy atom. The highest BCUT2D eigenvalue weighted by Crippen LogP contribution is 2.34. The number of nitrogens with zero attached hydrogens (tertiary/aromatic N) is 2. The van der Waals surface area contributed by atoms with Crippen LogP contribution in [0.5, 0.6) is 0 Å². The molecule has 0 aromatic carbocycles. The van der Waals surface area contributed by atoms with Gasteiger partial charge < -0.3 is 11.1 Å². The molecule has 1 heterocycles. The SMILES string of the molecule is N#Cc1cc(F)c(N[C@@H](CN)C2CC2)nc1Cl. The molecule has 0 saturated heterocycles. The molecule has 6 heteroatoms. The summed E-state index contributed by atoms with van der Waals surface area (Å²) in [5, 5.41) is 11.6. The summed E-state index contributed by atoms with van der Waals surface area (Å²) in [4.78, 5) is 3.84. The van der Waals surface area contributed by atoms with E-state index in [4.69, 9.17) is 22.6 Å². The predicted molar refractivity (Wildman–Crippen MR) is 63.1 cm³/mol. The van der Waals surface area contributed by atoms with Crippen LogP contribution in [0.25, 0.3) is 0 Å². The first-order chi connectivity index (χ1) is 8.15. The summed E-state index contributed by atoms with van der Waals surface area (Å²) in [6, 6.07) is 2.88. The van der Waals surface area contributed by atoms with Crippen LogP contribution < -0.4 is 11.1 Å². The number of pyridine rings is 1. The Hall–Kier alpha value is -1.38. The third-order valence-corrected chi connectivity index (χ3v) is 3.11. The number of halogens is 2. The first kappa shape index (κ1) is 12.1. The maximum absolute atomic E-state index is 13.6. The third kappa shape index (κ3) is 2.65. The number of nitriles is 1. The number of anilines is 1. The summed E-state index contributed by atoms with van der Waals surface area (Å²) >= 11 is 5.75. The molecule has 1 atom stereocenters. The Bertz CT molecular complexity index is 467. The zero-order valence-corrected chi connectivity index (χ0v) is 9.84. The minimum absolute atomic E-state index is 0.00275. The first-order valence-corrected chi connectivity index (χ1v) is 5.76. The first-order valence-electron chi connectivity index (χ1n) is 5.38. The van der Waals surface area contributed by atoms with Crippen LogP contribution in [0.4, 0.5) is 10.2 Å². The van der Waals surface area contributed by atoms with Crippen molar-refractivity contribution in [3.63, 3.8) is 0 Å². The highest BCUT2D eigenvalue weighted by molar-refractivity contribution is 6.30. The molecule has 1 fully saturated rings. The monoisotopic (exact) mass is 254 g/mol. The second kappa shape index (κ2) is 4.86. The van der Waals surface area contributed by atoms with Gasteiger partial charge in [0.2, 0.25) is 0 Å². The maximum atomic E-state index is 13.6. The molecule has 4 nitrogen and oxygen atoms in total. The number of hydrogen-bond donors (Lipinski definition) is 2. The van der Waals surface area contributed by atoms with Crippen LogP contribution in [0, 0.1) is 23.1 Å². The highest BCUT2D eigenvalue weighted by Gasteiger charge is 2.31. The molecule has 17 heavy (non-hydrogen) atoms. The van der Waals surface area contributed by atoms with Gasteiger partial charge in [-0.1, -0.05) is 11.6 Å². The second-order valence-corrected chi connectivity index (χ2v) is 4.45. The van der Waals surface area contributed by atoms with E-state index in [0.29, 0.717) is 12.5 Å². The molecule has 90 valence electrons. The largest absolute Gasteiger partial charge is 0.363 e. The van der Waals surface area contributed by atoms with Crippen LogP contribution in [-0.4, -0.2) is 17.6 Å². The standard InChI is InChI=1S/C11H12ClFN4/c12-10-7(4-14)3-8(13)11(17-10)16-9(5-15)6-1-2-6/h3,6,9H,1-2,5,15H2,(H,16,17)/t9-/m0/s1. The number of nitrogens with one attached hydrogen (secondary N) is 1. The van der Waals surface area contributed by atoms with Crippen molar-refractivity contribution in [1.82, 2.24) is 4.98 Å². The Morgan fingerprint density at radius 1 is 1.71 bits per heavy atom. The van der Waals surface area contributed by atoms with Crippen molar-refractivity contribution in [1.29, 1.82) is 5.26 Å². The van der Waals surface area contributed by atoms with Gasteiger partial charge in [0.1, 0.15) is 11.2 Å². The van der Waals surface area contributed by atoms with Gasteiger partial charge in [-0.3, -0.25) is 0 Å². The summed E-state index contributed by atoms with van der Waals surface area (Å²) in [6.07, 6.45) is 2.20. The Balaban J connectivity index is 2.20. The van der Waals surface area contributed by atoms with Crippen LogP contribution >= 0.6 is 11.6 Å².